The minimum absolute atomic E-state index is 0.602. The number of aryl methyl sites for hydroxylation is 1. The first-order valence-corrected chi connectivity index (χ1v) is 5.73. The number of rotatable bonds is 2. The average molecular weight is 242 g/mol. The molecule has 92 valence electrons. The first-order chi connectivity index (χ1) is 8.72. The van der Waals surface area contributed by atoms with Gasteiger partial charge in [-0.2, -0.15) is 0 Å². The molecule has 0 saturated heterocycles. The summed E-state index contributed by atoms with van der Waals surface area (Å²) in [6, 6.07) is 5.60. The van der Waals surface area contributed by atoms with Gasteiger partial charge in [0.25, 0.3) is 0 Å². The zero-order valence-electron chi connectivity index (χ0n) is 10.1. The van der Waals surface area contributed by atoms with E-state index in [1.54, 1.807) is 0 Å². The molecule has 0 spiro atoms. The summed E-state index contributed by atoms with van der Waals surface area (Å²) in [5.74, 6) is 2.43. The topological polar surface area (TPSA) is 62.9 Å². The number of nitrogen functional groups attached to an aromatic ring is 1. The van der Waals surface area contributed by atoms with Crippen molar-refractivity contribution in [2.75, 3.05) is 12.4 Å². The maximum Gasteiger partial charge on any atom is 0.147 e. The van der Waals surface area contributed by atoms with Crippen molar-refractivity contribution in [2.45, 2.75) is 6.92 Å². The van der Waals surface area contributed by atoms with Gasteiger partial charge < -0.3 is 10.5 Å². The summed E-state index contributed by atoms with van der Waals surface area (Å²) in [5.41, 5.74) is 10.6. The second kappa shape index (κ2) is 4.19. The van der Waals surface area contributed by atoms with Crippen molar-refractivity contribution in [3.05, 3.63) is 47.9 Å². The molecule has 2 aliphatic heterocycles. The van der Waals surface area contributed by atoms with Gasteiger partial charge >= 0.3 is 0 Å². The van der Waals surface area contributed by atoms with Gasteiger partial charge in [-0.25, -0.2) is 10.4 Å². The zero-order chi connectivity index (χ0) is 12.5. The van der Waals surface area contributed by atoms with Crippen LogP contribution < -0.4 is 15.9 Å². The van der Waals surface area contributed by atoms with E-state index in [4.69, 9.17) is 10.5 Å². The minimum Gasteiger partial charge on any atom is -0.457 e. The van der Waals surface area contributed by atoms with E-state index in [-0.39, 0.29) is 0 Å². The van der Waals surface area contributed by atoms with Crippen LogP contribution in [0.5, 0.6) is 5.75 Å². The molecule has 3 N–H and O–H groups in total. The minimum atomic E-state index is 0.602. The Morgan fingerprint density at radius 1 is 1.44 bits per heavy atom. The van der Waals surface area contributed by atoms with Gasteiger partial charge in [0.05, 0.1) is 0 Å². The number of fused-ring (bicyclic) bond motifs is 1. The summed E-state index contributed by atoms with van der Waals surface area (Å²) in [6.07, 6.45) is 5.69. The van der Waals surface area contributed by atoms with Crippen molar-refractivity contribution in [2.24, 2.45) is 4.99 Å². The molecule has 2 aliphatic rings. The highest BCUT2D eigenvalue weighted by Crippen LogP contribution is 2.23. The highest BCUT2D eigenvalue weighted by Gasteiger charge is 2.17. The summed E-state index contributed by atoms with van der Waals surface area (Å²) in [4.78, 5) is 4.29. The lowest BCUT2D eigenvalue weighted by atomic mass is 10.2. The summed E-state index contributed by atoms with van der Waals surface area (Å²) < 4.78 is 5.83. The van der Waals surface area contributed by atoms with Crippen LogP contribution >= 0.6 is 0 Å². The molecule has 0 saturated carbocycles. The molecule has 0 atom stereocenters. The molecule has 3 rings (SSSR count). The number of hydrogen-bond donors (Lipinski definition) is 2. The maximum absolute atomic E-state index is 5.83. The van der Waals surface area contributed by atoms with E-state index in [1.165, 1.54) is 0 Å². The van der Waals surface area contributed by atoms with Crippen molar-refractivity contribution in [3.63, 3.8) is 0 Å². The van der Waals surface area contributed by atoms with Crippen molar-refractivity contribution < 1.29 is 4.74 Å². The third-order valence-electron chi connectivity index (χ3n) is 2.81. The smallest absolute Gasteiger partial charge is 0.147 e. The largest absolute Gasteiger partial charge is 0.457 e. The molecule has 0 aromatic heterocycles. The van der Waals surface area contributed by atoms with E-state index < -0.39 is 0 Å². The summed E-state index contributed by atoms with van der Waals surface area (Å²) in [5, 5.41) is 1.86. The molecule has 2 heterocycles. The second-order valence-electron chi connectivity index (χ2n) is 4.19. The fourth-order valence-corrected chi connectivity index (χ4v) is 1.89. The highest BCUT2D eigenvalue weighted by atomic mass is 16.5. The first-order valence-electron chi connectivity index (χ1n) is 5.73. The lowest BCUT2D eigenvalue weighted by Crippen LogP contribution is -2.32. The number of ether oxygens (including phenoxy) is 1. The van der Waals surface area contributed by atoms with Crippen LogP contribution in [0, 0.1) is 6.92 Å². The van der Waals surface area contributed by atoms with Crippen LogP contribution in [0.1, 0.15) is 5.56 Å². The number of nitrogens with two attached hydrogens (primary N) is 1. The number of anilines is 1. The van der Waals surface area contributed by atoms with Crippen LogP contribution in [0.4, 0.5) is 5.69 Å². The van der Waals surface area contributed by atoms with E-state index >= 15 is 0 Å². The number of hydrogen-bond acceptors (Lipinski definition) is 5. The normalized spacial score (nSPS) is 17.3. The molecule has 1 aromatic rings. The van der Waals surface area contributed by atoms with Crippen LogP contribution in [-0.2, 0) is 0 Å². The Balaban J connectivity index is 1.83. The van der Waals surface area contributed by atoms with Crippen LogP contribution in [0.3, 0.4) is 0 Å². The Kier molecular flexibility index (Phi) is 2.53. The number of benzene rings is 1. The van der Waals surface area contributed by atoms with Crippen molar-refractivity contribution in [3.8, 4) is 5.75 Å². The van der Waals surface area contributed by atoms with Gasteiger partial charge in [-0.1, -0.05) is 0 Å². The van der Waals surface area contributed by atoms with Crippen molar-refractivity contribution in [1.29, 1.82) is 0 Å². The van der Waals surface area contributed by atoms with E-state index in [1.807, 2.05) is 48.5 Å². The first kappa shape index (κ1) is 10.9. The lowest BCUT2D eigenvalue weighted by Gasteiger charge is -2.18. The van der Waals surface area contributed by atoms with Crippen LogP contribution in [0.15, 0.2) is 47.3 Å². The van der Waals surface area contributed by atoms with Crippen molar-refractivity contribution in [1.82, 2.24) is 10.4 Å². The predicted octanol–water partition coefficient (Wildman–Crippen LogP) is 1.54. The van der Waals surface area contributed by atoms with Gasteiger partial charge in [-0.15, -0.1) is 0 Å². The van der Waals surface area contributed by atoms with Crippen LogP contribution in [0.2, 0.25) is 0 Å². The Labute approximate surface area is 105 Å². The Bertz CT molecular complexity index is 574. The molecule has 0 aliphatic carbocycles. The summed E-state index contributed by atoms with van der Waals surface area (Å²) in [7, 11) is 0. The number of nitrogens with one attached hydrogen (secondary N) is 1. The molecule has 0 amide bonds. The Morgan fingerprint density at radius 3 is 3.17 bits per heavy atom. The lowest BCUT2D eigenvalue weighted by molar-refractivity contribution is 0.417. The second-order valence-corrected chi connectivity index (χ2v) is 4.19. The number of allylic oxidation sites excluding steroid dienone is 1. The van der Waals surface area contributed by atoms with Gasteiger partial charge in [0.1, 0.15) is 24.0 Å². The van der Waals surface area contributed by atoms with Gasteiger partial charge in [0.15, 0.2) is 0 Å². The molecule has 0 radical (unpaired) electrons. The molecule has 5 nitrogen and oxygen atoms in total. The molecule has 18 heavy (non-hydrogen) atoms. The quantitative estimate of drug-likeness (QED) is 0.772. The Morgan fingerprint density at radius 2 is 2.33 bits per heavy atom. The number of nitrogens with zero attached hydrogens (tertiary/aromatic N) is 2. The van der Waals surface area contributed by atoms with E-state index in [2.05, 4.69) is 10.4 Å². The third kappa shape index (κ3) is 1.96. The highest BCUT2D eigenvalue weighted by molar-refractivity contribution is 5.96. The fraction of sp³-hybridized carbons (Fsp3) is 0.154. The molecule has 0 bridgehead atoms. The summed E-state index contributed by atoms with van der Waals surface area (Å²) >= 11 is 0. The maximum atomic E-state index is 5.83. The third-order valence-corrected chi connectivity index (χ3v) is 2.81. The van der Waals surface area contributed by atoms with Crippen LogP contribution in [0.25, 0.3) is 0 Å². The van der Waals surface area contributed by atoms with Gasteiger partial charge in [0, 0.05) is 18.0 Å². The predicted molar refractivity (Wildman–Crippen MR) is 70.7 cm³/mol. The van der Waals surface area contributed by atoms with E-state index in [0.717, 1.165) is 28.6 Å². The molecule has 1 aromatic carbocycles. The molecular weight excluding hydrogens is 228 g/mol. The molecular formula is C13H14N4O. The number of aliphatic imine (C=N–C) groups is 1. The fourth-order valence-electron chi connectivity index (χ4n) is 1.89. The standard InChI is InChI=1S/C13H14N4O/c1-9-6-10(14)2-3-12(9)18-11-4-5-17-13(7-11)15-8-16-17/h2-7,16H,8,14H2,1H3. The Hall–Kier alpha value is -2.27. The van der Waals surface area contributed by atoms with E-state index in [9.17, 15) is 0 Å². The average Bonchev–Trinajstić information content (AvgIpc) is 2.80. The number of amidine groups is 1. The van der Waals surface area contributed by atoms with Gasteiger partial charge in [-0.05, 0) is 36.8 Å². The van der Waals surface area contributed by atoms with Gasteiger partial charge in [-0.3, -0.25) is 5.01 Å². The number of hydrazine groups is 1. The molecule has 0 fully saturated rings. The SMILES string of the molecule is Cc1cc(N)ccc1OC1=CC2=NCNN2C=C1. The van der Waals surface area contributed by atoms with Crippen molar-refractivity contribution >= 4 is 11.5 Å². The summed E-state index contributed by atoms with van der Waals surface area (Å²) in [6.45, 7) is 2.57. The molecule has 5 heteroatoms. The van der Waals surface area contributed by atoms with Gasteiger partial charge in [0.2, 0.25) is 0 Å². The van der Waals surface area contributed by atoms with Crippen LogP contribution in [-0.4, -0.2) is 17.5 Å². The van der Waals surface area contributed by atoms with E-state index in [0.29, 0.717) is 6.67 Å². The zero-order valence-corrected chi connectivity index (χ0v) is 10.1. The monoisotopic (exact) mass is 242 g/mol. The molecule has 0 unspecified atom stereocenters.